The summed E-state index contributed by atoms with van der Waals surface area (Å²) in [5.41, 5.74) is 7.48. The van der Waals surface area contributed by atoms with E-state index in [9.17, 15) is 4.79 Å². The summed E-state index contributed by atoms with van der Waals surface area (Å²) in [6.45, 7) is 6.56. The number of esters is 1. The van der Waals surface area contributed by atoms with Crippen LogP contribution < -0.4 is 10.5 Å². The van der Waals surface area contributed by atoms with E-state index >= 15 is 0 Å². The molecular formula is C14H19NO4. The molecule has 2 N–H and O–H groups in total. The Morgan fingerprint density at radius 1 is 1.37 bits per heavy atom. The fraction of sp³-hybridized carbons (Fsp3) is 0.357. The lowest BCUT2D eigenvalue weighted by Crippen LogP contribution is -2.10. The summed E-state index contributed by atoms with van der Waals surface area (Å²) in [6.07, 6.45) is 0. The van der Waals surface area contributed by atoms with Crippen LogP contribution in [0.3, 0.4) is 0 Å². The molecule has 19 heavy (non-hydrogen) atoms. The van der Waals surface area contributed by atoms with Gasteiger partial charge in [-0.2, -0.15) is 0 Å². The molecule has 0 saturated heterocycles. The van der Waals surface area contributed by atoms with Crippen LogP contribution in [0.25, 0.3) is 0 Å². The topological polar surface area (TPSA) is 70.8 Å². The van der Waals surface area contributed by atoms with Gasteiger partial charge >= 0.3 is 5.97 Å². The molecule has 0 spiro atoms. The number of ether oxygens (including phenoxy) is 3. The smallest absolute Gasteiger partial charge is 0.338 e. The van der Waals surface area contributed by atoms with Crippen molar-refractivity contribution < 1.29 is 19.0 Å². The minimum atomic E-state index is -0.435. The van der Waals surface area contributed by atoms with E-state index < -0.39 is 5.97 Å². The van der Waals surface area contributed by atoms with Crippen molar-refractivity contribution in [2.45, 2.75) is 6.92 Å². The van der Waals surface area contributed by atoms with Crippen molar-refractivity contribution >= 4 is 11.7 Å². The molecule has 104 valence electrons. The number of benzene rings is 1. The third-order valence-corrected chi connectivity index (χ3v) is 2.24. The van der Waals surface area contributed by atoms with E-state index in [1.807, 2.05) is 6.92 Å². The number of hydrogen-bond acceptors (Lipinski definition) is 5. The third kappa shape index (κ3) is 5.01. The van der Waals surface area contributed by atoms with Gasteiger partial charge in [-0.1, -0.05) is 6.58 Å². The highest BCUT2D eigenvalue weighted by Crippen LogP contribution is 2.23. The summed E-state index contributed by atoms with van der Waals surface area (Å²) in [5.74, 6) is 0.0895. The lowest BCUT2D eigenvalue weighted by molar-refractivity contribution is 0.0388. The molecule has 0 atom stereocenters. The third-order valence-electron chi connectivity index (χ3n) is 2.24. The summed E-state index contributed by atoms with van der Waals surface area (Å²) in [7, 11) is 1.54. The number of anilines is 1. The molecule has 0 aliphatic rings. The second-order valence-electron chi connectivity index (χ2n) is 4.13. The maximum atomic E-state index is 11.7. The minimum absolute atomic E-state index is 0.211. The molecule has 0 unspecified atom stereocenters. The van der Waals surface area contributed by atoms with E-state index in [-0.39, 0.29) is 6.61 Å². The molecule has 1 aromatic carbocycles. The summed E-state index contributed by atoms with van der Waals surface area (Å²) in [4.78, 5) is 11.7. The molecule has 0 amide bonds. The molecule has 0 heterocycles. The molecule has 1 aromatic rings. The Morgan fingerprint density at radius 2 is 2.11 bits per heavy atom. The van der Waals surface area contributed by atoms with Gasteiger partial charge in [-0.05, 0) is 30.7 Å². The zero-order chi connectivity index (χ0) is 14.3. The van der Waals surface area contributed by atoms with Crippen molar-refractivity contribution in [1.82, 2.24) is 0 Å². The fourth-order valence-corrected chi connectivity index (χ4v) is 1.31. The average molecular weight is 265 g/mol. The van der Waals surface area contributed by atoms with Crippen LogP contribution >= 0.6 is 0 Å². The number of nitrogen functional groups attached to an aromatic ring is 1. The predicted octanol–water partition coefficient (Wildman–Crippen LogP) is 2.03. The summed E-state index contributed by atoms with van der Waals surface area (Å²) < 4.78 is 15.2. The van der Waals surface area contributed by atoms with Gasteiger partial charge in [0.25, 0.3) is 0 Å². The summed E-state index contributed by atoms with van der Waals surface area (Å²) in [5, 5.41) is 0. The summed E-state index contributed by atoms with van der Waals surface area (Å²) >= 11 is 0. The predicted molar refractivity (Wildman–Crippen MR) is 73.3 cm³/mol. The number of nitrogens with two attached hydrogens (primary N) is 1. The van der Waals surface area contributed by atoms with Gasteiger partial charge in [0.2, 0.25) is 0 Å². The highest BCUT2D eigenvalue weighted by Gasteiger charge is 2.10. The van der Waals surface area contributed by atoms with Gasteiger partial charge in [-0.3, -0.25) is 0 Å². The van der Waals surface area contributed by atoms with Crippen molar-refractivity contribution in [3.05, 3.63) is 35.9 Å². The molecule has 0 aliphatic carbocycles. The molecule has 0 aromatic heterocycles. The number of carbonyl (C=O) groups is 1. The molecule has 5 heteroatoms. The van der Waals surface area contributed by atoms with Gasteiger partial charge in [-0.15, -0.1) is 0 Å². The van der Waals surface area contributed by atoms with Crippen LogP contribution in [0.1, 0.15) is 17.3 Å². The lowest BCUT2D eigenvalue weighted by atomic mass is 10.2. The van der Waals surface area contributed by atoms with E-state index in [4.69, 9.17) is 19.9 Å². The first-order valence-corrected chi connectivity index (χ1v) is 5.87. The molecule has 0 saturated carbocycles. The Kier molecular flexibility index (Phi) is 5.89. The van der Waals surface area contributed by atoms with Gasteiger partial charge in [0.15, 0.2) is 0 Å². The maximum absolute atomic E-state index is 11.7. The van der Waals surface area contributed by atoms with Crippen molar-refractivity contribution in [3.63, 3.8) is 0 Å². The van der Waals surface area contributed by atoms with E-state index in [0.29, 0.717) is 30.2 Å². The van der Waals surface area contributed by atoms with E-state index in [1.165, 1.54) is 6.07 Å². The maximum Gasteiger partial charge on any atom is 0.338 e. The average Bonchev–Trinajstić information content (AvgIpc) is 2.37. The van der Waals surface area contributed by atoms with Crippen LogP contribution in [0.15, 0.2) is 30.4 Å². The monoisotopic (exact) mass is 265 g/mol. The number of carbonyl (C=O) groups excluding carboxylic acids is 1. The molecule has 1 rings (SSSR count). The first kappa shape index (κ1) is 15.0. The molecule has 0 fully saturated rings. The Bertz CT molecular complexity index is 457. The SMILES string of the molecule is C=C(C)COc1ccc(C(=O)OCCOC)cc1N. The van der Waals surface area contributed by atoms with Gasteiger partial charge in [0.1, 0.15) is 19.0 Å². The molecule has 0 aliphatic heterocycles. The normalized spacial score (nSPS) is 10.0. The molecule has 0 bridgehead atoms. The molecule has 0 radical (unpaired) electrons. The highest BCUT2D eigenvalue weighted by molar-refractivity contribution is 5.91. The Morgan fingerprint density at radius 3 is 2.68 bits per heavy atom. The highest BCUT2D eigenvalue weighted by atomic mass is 16.6. The quantitative estimate of drug-likeness (QED) is 0.353. The van der Waals surface area contributed by atoms with Crippen LogP contribution in [-0.4, -0.2) is 32.9 Å². The van der Waals surface area contributed by atoms with E-state index in [0.717, 1.165) is 5.57 Å². The standard InChI is InChI=1S/C14H19NO4/c1-10(2)9-19-13-5-4-11(8-12(13)15)14(16)18-7-6-17-3/h4-5,8H,1,6-7,9,15H2,2-3H3. The summed E-state index contributed by atoms with van der Waals surface area (Å²) in [6, 6.07) is 4.79. The van der Waals surface area contributed by atoms with Gasteiger partial charge in [-0.25, -0.2) is 4.79 Å². The Hall–Kier alpha value is -2.01. The van der Waals surface area contributed by atoms with Crippen LogP contribution in [0.2, 0.25) is 0 Å². The second kappa shape index (κ2) is 7.43. The van der Waals surface area contributed by atoms with Crippen LogP contribution in [0.4, 0.5) is 5.69 Å². The molecular weight excluding hydrogens is 246 g/mol. The van der Waals surface area contributed by atoms with Crippen molar-refractivity contribution in [1.29, 1.82) is 0 Å². The van der Waals surface area contributed by atoms with Crippen molar-refractivity contribution in [3.8, 4) is 5.75 Å². The number of hydrogen-bond donors (Lipinski definition) is 1. The fourth-order valence-electron chi connectivity index (χ4n) is 1.31. The zero-order valence-electron chi connectivity index (χ0n) is 11.3. The zero-order valence-corrected chi connectivity index (χ0v) is 11.3. The van der Waals surface area contributed by atoms with Crippen LogP contribution in [-0.2, 0) is 9.47 Å². The minimum Gasteiger partial charge on any atom is -0.487 e. The largest absolute Gasteiger partial charge is 0.487 e. The Balaban J connectivity index is 2.65. The van der Waals surface area contributed by atoms with Gasteiger partial charge in [0.05, 0.1) is 17.9 Å². The van der Waals surface area contributed by atoms with Gasteiger partial charge in [0, 0.05) is 7.11 Å². The van der Waals surface area contributed by atoms with Crippen LogP contribution in [0, 0.1) is 0 Å². The molecule has 5 nitrogen and oxygen atoms in total. The number of rotatable bonds is 7. The van der Waals surface area contributed by atoms with Crippen LogP contribution in [0.5, 0.6) is 5.75 Å². The first-order valence-electron chi connectivity index (χ1n) is 5.87. The van der Waals surface area contributed by atoms with Gasteiger partial charge < -0.3 is 19.9 Å². The Labute approximate surface area is 113 Å². The van der Waals surface area contributed by atoms with E-state index in [2.05, 4.69) is 6.58 Å². The van der Waals surface area contributed by atoms with Crippen molar-refractivity contribution in [2.24, 2.45) is 0 Å². The second-order valence-corrected chi connectivity index (χ2v) is 4.13. The lowest BCUT2D eigenvalue weighted by Gasteiger charge is -2.10. The van der Waals surface area contributed by atoms with E-state index in [1.54, 1.807) is 19.2 Å². The first-order chi connectivity index (χ1) is 9.04. The van der Waals surface area contributed by atoms with Crippen molar-refractivity contribution in [2.75, 3.05) is 32.7 Å². The number of methoxy groups -OCH3 is 1.